The van der Waals surface area contributed by atoms with Crippen molar-refractivity contribution in [1.82, 2.24) is 15.3 Å². The van der Waals surface area contributed by atoms with Gasteiger partial charge in [-0.2, -0.15) is 4.98 Å². The molecule has 1 aliphatic rings. The van der Waals surface area contributed by atoms with Gasteiger partial charge in [0, 0.05) is 30.4 Å². The van der Waals surface area contributed by atoms with Crippen molar-refractivity contribution < 1.29 is 19.1 Å². The number of hydrogen-bond acceptors (Lipinski definition) is 8. The maximum absolute atomic E-state index is 12.2. The SMILES string of the molecule is NC(=O)CCNC(=O)c1cccc(Nc2nccc(Nc3c(Cl)ccc4c3OCO4)n2)c1. The van der Waals surface area contributed by atoms with E-state index >= 15 is 0 Å². The number of halogens is 1. The molecular formula is C21H19ClN6O4. The largest absolute Gasteiger partial charge is 0.454 e. The van der Waals surface area contributed by atoms with Gasteiger partial charge >= 0.3 is 0 Å². The predicted molar refractivity (Wildman–Crippen MR) is 119 cm³/mol. The van der Waals surface area contributed by atoms with Crippen molar-refractivity contribution >= 4 is 46.6 Å². The second-order valence-electron chi connectivity index (χ2n) is 6.72. The molecule has 11 heteroatoms. The van der Waals surface area contributed by atoms with Crippen LogP contribution in [0.1, 0.15) is 16.8 Å². The van der Waals surface area contributed by atoms with Gasteiger partial charge in [0.1, 0.15) is 11.5 Å². The zero-order valence-electron chi connectivity index (χ0n) is 16.7. The summed E-state index contributed by atoms with van der Waals surface area (Å²) in [5.41, 5.74) is 6.65. The summed E-state index contributed by atoms with van der Waals surface area (Å²) < 4.78 is 10.9. The molecule has 0 aliphatic carbocycles. The van der Waals surface area contributed by atoms with Gasteiger partial charge in [0.15, 0.2) is 11.5 Å². The maximum Gasteiger partial charge on any atom is 0.251 e. The number of amides is 2. The summed E-state index contributed by atoms with van der Waals surface area (Å²) >= 11 is 6.31. The van der Waals surface area contributed by atoms with Crippen LogP contribution in [-0.4, -0.2) is 35.1 Å². The molecule has 1 aliphatic heterocycles. The summed E-state index contributed by atoms with van der Waals surface area (Å²) in [5, 5.41) is 9.29. The highest BCUT2D eigenvalue weighted by Crippen LogP contribution is 2.44. The van der Waals surface area contributed by atoms with E-state index in [9.17, 15) is 9.59 Å². The van der Waals surface area contributed by atoms with Gasteiger partial charge in [-0.25, -0.2) is 4.98 Å². The van der Waals surface area contributed by atoms with E-state index in [1.807, 2.05) is 0 Å². The molecule has 0 radical (unpaired) electrons. The number of ether oxygens (including phenoxy) is 2. The van der Waals surface area contributed by atoms with Crippen molar-refractivity contribution in [2.45, 2.75) is 6.42 Å². The molecule has 32 heavy (non-hydrogen) atoms. The first-order chi connectivity index (χ1) is 15.5. The van der Waals surface area contributed by atoms with E-state index in [1.165, 1.54) is 0 Å². The van der Waals surface area contributed by atoms with Gasteiger partial charge in [-0.1, -0.05) is 17.7 Å². The molecule has 0 saturated carbocycles. The topological polar surface area (TPSA) is 140 Å². The Balaban J connectivity index is 1.47. The van der Waals surface area contributed by atoms with E-state index in [4.69, 9.17) is 26.8 Å². The number of hydrogen-bond donors (Lipinski definition) is 4. The highest BCUT2D eigenvalue weighted by atomic mass is 35.5. The highest BCUT2D eigenvalue weighted by Gasteiger charge is 2.21. The van der Waals surface area contributed by atoms with Crippen LogP contribution >= 0.6 is 11.6 Å². The molecule has 1 aromatic heterocycles. The molecule has 0 unspecified atom stereocenters. The number of nitrogens with one attached hydrogen (secondary N) is 3. The van der Waals surface area contributed by atoms with E-state index in [0.29, 0.717) is 45.2 Å². The third kappa shape index (κ3) is 4.98. The van der Waals surface area contributed by atoms with Crippen molar-refractivity contribution in [1.29, 1.82) is 0 Å². The van der Waals surface area contributed by atoms with Crippen molar-refractivity contribution in [2.75, 3.05) is 24.0 Å². The average Bonchev–Trinajstić information content (AvgIpc) is 3.25. The number of anilines is 4. The number of primary amides is 1. The Morgan fingerprint density at radius 3 is 2.84 bits per heavy atom. The van der Waals surface area contributed by atoms with E-state index < -0.39 is 5.91 Å². The van der Waals surface area contributed by atoms with E-state index in [2.05, 4.69) is 25.9 Å². The van der Waals surface area contributed by atoms with Gasteiger partial charge in [0.05, 0.1) is 5.02 Å². The van der Waals surface area contributed by atoms with Crippen LogP contribution in [0.4, 0.5) is 23.1 Å². The summed E-state index contributed by atoms with van der Waals surface area (Å²) in [6.45, 7) is 0.288. The number of nitrogens with two attached hydrogens (primary N) is 1. The van der Waals surface area contributed by atoms with Crippen LogP contribution in [-0.2, 0) is 4.79 Å². The molecule has 0 fully saturated rings. The molecule has 10 nitrogen and oxygen atoms in total. The van der Waals surface area contributed by atoms with E-state index in [-0.39, 0.29) is 25.7 Å². The summed E-state index contributed by atoms with van der Waals surface area (Å²) in [5.74, 6) is 1.10. The predicted octanol–water partition coefficient (Wildman–Crippen LogP) is 2.95. The van der Waals surface area contributed by atoms with Gasteiger partial charge < -0.3 is 31.2 Å². The summed E-state index contributed by atoms with van der Waals surface area (Å²) in [6, 6.07) is 11.9. The van der Waals surface area contributed by atoms with Gasteiger partial charge in [-0.15, -0.1) is 0 Å². The van der Waals surface area contributed by atoms with Gasteiger partial charge in [-0.3, -0.25) is 9.59 Å². The molecule has 0 saturated heterocycles. The minimum Gasteiger partial charge on any atom is -0.454 e. The third-order valence-electron chi connectivity index (χ3n) is 4.43. The van der Waals surface area contributed by atoms with Crippen LogP contribution in [0.15, 0.2) is 48.7 Å². The van der Waals surface area contributed by atoms with Crippen LogP contribution in [0.25, 0.3) is 0 Å². The molecule has 2 heterocycles. The molecule has 0 atom stereocenters. The molecule has 5 N–H and O–H groups in total. The minimum atomic E-state index is -0.479. The fourth-order valence-corrected chi connectivity index (χ4v) is 3.15. The first-order valence-electron chi connectivity index (χ1n) is 9.61. The lowest BCUT2D eigenvalue weighted by molar-refractivity contribution is -0.117. The quantitative estimate of drug-likeness (QED) is 0.407. The Bertz CT molecular complexity index is 1170. The van der Waals surface area contributed by atoms with Gasteiger partial charge in [-0.05, 0) is 36.4 Å². The van der Waals surface area contributed by atoms with Crippen LogP contribution in [0.5, 0.6) is 11.5 Å². The summed E-state index contributed by atoms with van der Waals surface area (Å²) in [7, 11) is 0. The Labute approximate surface area is 188 Å². The number of aromatic nitrogens is 2. The molecule has 4 rings (SSSR count). The van der Waals surface area contributed by atoms with E-state index in [1.54, 1.807) is 48.7 Å². The number of carbonyl (C=O) groups is 2. The highest BCUT2D eigenvalue weighted by molar-refractivity contribution is 6.33. The summed E-state index contributed by atoms with van der Waals surface area (Å²) in [4.78, 5) is 31.7. The fraction of sp³-hybridized carbons (Fsp3) is 0.143. The Morgan fingerprint density at radius 1 is 1.12 bits per heavy atom. The number of carbonyl (C=O) groups excluding carboxylic acids is 2. The number of fused-ring (bicyclic) bond motifs is 1. The van der Waals surface area contributed by atoms with Crippen LogP contribution in [0.2, 0.25) is 5.02 Å². The number of benzene rings is 2. The zero-order chi connectivity index (χ0) is 22.5. The van der Waals surface area contributed by atoms with Crippen LogP contribution in [0.3, 0.4) is 0 Å². The lowest BCUT2D eigenvalue weighted by Crippen LogP contribution is -2.27. The van der Waals surface area contributed by atoms with Gasteiger partial charge in [0.2, 0.25) is 18.6 Å². The maximum atomic E-state index is 12.2. The van der Waals surface area contributed by atoms with Crippen molar-refractivity contribution in [2.24, 2.45) is 5.73 Å². The number of nitrogens with zero attached hydrogens (tertiary/aromatic N) is 2. The van der Waals surface area contributed by atoms with Crippen molar-refractivity contribution in [3.8, 4) is 11.5 Å². The molecule has 164 valence electrons. The molecule has 2 amide bonds. The minimum absolute atomic E-state index is 0.0725. The lowest BCUT2D eigenvalue weighted by Gasteiger charge is -2.12. The third-order valence-corrected chi connectivity index (χ3v) is 4.75. The number of rotatable bonds is 8. The lowest BCUT2D eigenvalue weighted by atomic mass is 10.2. The van der Waals surface area contributed by atoms with Crippen molar-refractivity contribution in [3.05, 3.63) is 59.2 Å². The fourth-order valence-electron chi connectivity index (χ4n) is 2.95. The Morgan fingerprint density at radius 2 is 2.00 bits per heavy atom. The van der Waals surface area contributed by atoms with Crippen LogP contribution < -0.4 is 31.2 Å². The second-order valence-corrected chi connectivity index (χ2v) is 7.13. The molecule has 0 bridgehead atoms. The van der Waals surface area contributed by atoms with E-state index in [0.717, 1.165) is 0 Å². The normalized spacial score (nSPS) is 11.7. The smallest absolute Gasteiger partial charge is 0.251 e. The first kappa shape index (κ1) is 21.2. The first-order valence-corrected chi connectivity index (χ1v) is 9.99. The average molecular weight is 455 g/mol. The zero-order valence-corrected chi connectivity index (χ0v) is 17.5. The summed E-state index contributed by atoms with van der Waals surface area (Å²) in [6.07, 6.45) is 1.65. The Hall–Kier alpha value is -4.05. The second kappa shape index (κ2) is 9.40. The van der Waals surface area contributed by atoms with Crippen molar-refractivity contribution in [3.63, 3.8) is 0 Å². The Kier molecular flexibility index (Phi) is 6.22. The monoisotopic (exact) mass is 454 g/mol. The molecule has 2 aromatic carbocycles. The molecule has 0 spiro atoms. The van der Waals surface area contributed by atoms with Crippen LogP contribution in [0, 0.1) is 0 Å². The molecule has 3 aromatic rings. The standard InChI is InChI=1S/C21H19ClN6O4/c22-14-4-5-15-19(32-11-31-15)18(14)27-17-7-9-25-21(28-17)26-13-3-1-2-12(10-13)20(30)24-8-6-16(23)29/h1-5,7,9-10H,6,8,11H2,(H2,23,29)(H,24,30)(H2,25,26,27,28). The molecular weight excluding hydrogens is 436 g/mol. The van der Waals surface area contributed by atoms with Gasteiger partial charge in [0.25, 0.3) is 5.91 Å².